The zero-order valence-corrected chi connectivity index (χ0v) is 12.5. The van der Waals surface area contributed by atoms with E-state index >= 15 is 0 Å². The zero-order valence-electron chi connectivity index (χ0n) is 12.5. The maximum atomic E-state index is 14.7. The average Bonchev–Trinajstić information content (AvgIpc) is 2.61. The van der Waals surface area contributed by atoms with Gasteiger partial charge in [-0.25, -0.2) is 14.0 Å². The van der Waals surface area contributed by atoms with Gasteiger partial charge in [-0.2, -0.15) is 0 Å². The molecular formula is C14H22FNO4. The number of likely N-dealkylation sites (tertiary alicyclic amines) is 1. The van der Waals surface area contributed by atoms with E-state index in [9.17, 15) is 14.0 Å². The second kappa shape index (κ2) is 4.60. The molecule has 2 rings (SSSR count). The number of hydrogen-bond donors (Lipinski definition) is 0. The van der Waals surface area contributed by atoms with Gasteiger partial charge in [-0.05, 0) is 40.0 Å². The molecule has 1 saturated heterocycles. The molecule has 0 aromatic heterocycles. The van der Waals surface area contributed by atoms with E-state index in [4.69, 9.17) is 4.74 Å². The minimum absolute atomic E-state index is 0.00587. The highest BCUT2D eigenvalue weighted by Gasteiger charge is 2.62. The molecule has 0 radical (unpaired) electrons. The Kier molecular flexibility index (Phi) is 3.47. The normalized spacial score (nSPS) is 28.1. The van der Waals surface area contributed by atoms with Gasteiger partial charge in [0.15, 0.2) is 0 Å². The number of carbonyl (C=O) groups excluding carboxylic acids is 2. The van der Waals surface area contributed by atoms with E-state index in [1.165, 1.54) is 4.90 Å². The van der Waals surface area contributed by atoms with Crippen molar-refractivity contribution in [2.24, 2.45) is 0 Å². The molecule has 114 valence electrons. The fraction of sp³-hybridized carbons (Fsp3) is 0.857. The molecular weight excluding hydrogens is 265 g/mol. The number of carbonyl (C=O) groups is 2. The summed E-state index contributed by atoms with van der Waals surface area (Å²) in [6.07, 6.45) is 1.78. The number of hydrogen-bond acceptors (Lipinski definition) is 4. The molecule has 1 aliphatic heterocycles. The molecule has 1 heterocycles. The van der Waals surface area contributed by atoms with Crippen molar-refractivity contribution < 1.29 is 23.5 Å². The lowest BCUT2D eigenvalue weighted by Gasteiger charge is -2.45. The fourth-order valence-electron chi connectivity index (χ4n) is 3.02. The summed E-state index contributed by atoms with van der Waals surface area (Å²) in [7, 11) is 1.16. The maximum absolute atomic E-state index is 14.7. The maximum Gasteiger partial charge on any atom is 0.410 e. The van der Waals surface area contributed by atoms with Crippen molar-refractivity contribution in [3.63, 3.8) is 0 Å². The third-order valence-electron chi connectivity index (χ3n) is 4.04. The first-order chi connectivity index (χ1) is 9.12. The van der Waals surface area contributed by atoms with Crippen LogP contribution in [0, 0.1) is 0 Å². The average molecular weight is 287 g/mol. The summed E-state index contributed by atoms with van der Waals surface area (Å²) in [6.45, 7) is 5.00. The monoisotopic (exact) mass is 287 g/mol. The number of ether oxygens (including phenoxy) is 2. The summed E-state index contributed by atoms with van der Waals surface area (Å²) < 4.78 is 24.6. The lowest BCUT2D eigenvalue weighted by molar-refractivity contribution is -0.153. The van der Waals surface area contributed by atoms with Crippen molar-refractivity contribution in [3.8, 4) is 0 Å². The first-order valence-electron chi connectivity index (χ1n) is 6.90. The van der Waals surface area contributed by atoms with E-state index in [1.54, 1.807) is 20.8 Å². The van der Waals surface area contributed by atoms with Crippen molar-refractivity contribution in [1.82, 2.24) is 4.90 Å². The van der Waals surface area contributed by atoms with Gasteiger partial charge in [0.1, 0.15) is 5.60 Å². The lowest BCUT2D eigenvalue weighted by Crippen LogP contribution is -2.53. The Morgan fingerprint density at radius 3 is 2.25 bits per heavy atom. The van der Waals surface area contributed by atoms with Crippen molar-refractivity contribution in [3.05, 3.63) is 0 Å². The third-order valence-corrected chi connectivity index (χ3v) is 4.04. The Balaban J connectivity index is 2.20. The van der Waals surface area contributed by atoms with Gasteiger partial charge in [-0.3, -0.25) is 4.90 Å². The van der Waals surface area contributed by atoms with Crippen LogP contribution >= 0.6 is 0 Å². The van der Waals surface area contributed by atoms with E-state index in [2.05, 4.69) is 4.74 Å². The van der Waals surface area contributed by atoms with Gasteiger partial charge in [0, 0.05) is 6.42 Å². The van der Waals surface area contributed by atoms with Gasteiger partial charge in [0.25, 0.3) is 0 Å². The number of rotatable bonds is 1. The molecule has 2 aliphatic rings. The number of nitrogens with zero attached hydrogens (tertiary/aromatic N) is 1. The first-order valence-corrected chi connectivity index (χ1v) is 6.90. The predicted octanol–water partition coefficient (Wildman–Crippen LogP) is 2.43. The van der Waals surface area contributed by atoms with Crippen LogP contribution in [0.3, 0.4) is 0 Å². The van der Waals surface area contributed by atoms with Gasteiger partial charge in [0.05, 0.1) is 19.2 Å². The largest absolute Gasteiger partial charge is 0.467 e. The Hall–Kier alpha value is -1.33. The lowest BCUT2D eigenvalue weighted by atomic mass is 9.73. The third kappa shape index (κ3) is 2.47. The fourth-order valence-corrected chi connectivity index (χ4v) is 3.02. The Labute approximate surface area is 118 Å². The first kappa shape index (κ1) is 15.1. The van der Waals surface area contributed by atoms with Crippen LogP contribution in [0.5, 0.6) is 0 Å². The SMILES string of the molecule is COC(=O)C1(F)CN(C(=O)OC(C)(C)C)C2(CCC2)C1. The molecule has 0 N–H and O–H groups in total. The van der Waals surface area contributed by atoms with E-state index < -0.39 is 28.9 Å². The number of amides is 1. The summed E-state index contributed by atoms with van der Waals surface area (Å²) in [5.41, 5.74) is -3.34. The Morgan fingerprint density at radius 1 is 1.25 bits per heavy atom. The molecule has 1 saturated carbocycles. The van der Waals surface area contributed by atoms with Gasteiger partial charge < -0.3 is 9.47 Å². The summed E-state index contributed by atoms with van der Waals surface area (Å²) in [6, 6.07) is 0. The van der Waals surface area contributed by atoms with E-state index in [-0.39, 0.29) is 13.0 Å². The smallest absolute Gasteiger partial charge is 0.410 e. The summed E-state index contributed by atoms with van der Waals surface area (Å²) >= 11 is 0. The Morgan fingerprint density at radius 2 is 1.85 bits per heavy atom. The van der Waals surface area contributed by atoms with Crippen LogP contribution in [0.15, 0.2) is 0 Å². The van der Waals surface area contributed by atoms with Crippen molar-refractivity contribution >= 4 is 12.1 Å². The minimum Gasteiger partial charge on any atom is -0.467 e. The molecule has 1 aliphatic carbocycles. The van der Waals surface area contributed by atoms with Crippen LogP contribution in [-0.4, -0.2) is 47.4 Å². The highest BCUT2D eigenvalue weighted by atomic mass is 19.1. The zero-order chi connectivity index (χ0) is 15.2. The summed E-state index contributed by atoms with van der Waals surface area (Å²) in [5, 5.41) is 0. The predicted molar refractivity (Wildman–Crippen MR) is 70.0 cm³/mol. The Bertz CT molecular complexity index is 427. The molecule has 1 atom stereocenters. The highest BCUT2D eigenvalue weighted by molar-refractivity contribution is 5.82. The number of methoxy groups -OCH3 is 1. The van der Waals surface area contributed by atoms with Crippen molar-refractivity contribution in [1.29, 1.82) is 0 Å². The number of halogens is 1. The highest BCUT2D eigenvalue weighted by Crippen LogP contribution is 2.51. The topological polar surface area (TPSA) is 55.8 Å². The van der Waals surface area contributed by atoms with Crippen LogP contribution in [-0.2, 0) is 14.3 Å². The molecule has 1 spiro atoms. The standard InChI is InChI=1S/C14H22FNO4/c1-12(2,3)20-11(18)16-9-14(15,10(17)19-4)8-13(16)6-5-7-13/h5-9H2,1-4H3. The van der Waals surface area contributed by atoms with Crippen LogP contribution in [0.25, 0.3) is 0 Å². The molecule has 5 nitrogen and oxygen atoms in total. The second-order valence-electron chi connectivity index (χ2n) is 6.78. The van der Waals surface area contributed by atoms with E-state index in [1.807, 2.05) is 0 Å². The van der Waals surface area contributed by atoms with Gasteiger partial charge in [0.2, 0.25) is 5.67 Å². The van der Waals surface area contributed by atoms with E-state index in [0.717, 1.165) is 13.5 Å². The summed E-state index contributed by atoms with van der Waals surface area (Å²) in [4.78, 5) is 25.3. The number of esters is 1. The molecule has 6 heteroatoms. The molecule has 20 heavy (non-hydrogen) atoms. The van der Waals surface area contributed by atoms with Crippen LogP contribution in [0.4, 0.5) is 9.18 Å². The summed E-state index contributed by atoms with van der Waals surface area (Å²) in [5.74, 6) is -0.908. The van der Waals surface area contributed by atoms with Gasteiger partial charge >= 0.3 is 12.1 Å². The quantitative estimate of drug-likeness (QED) is 0.695. The van der Waals surface area contributed by atoms with Crippen LogP contribution < -0.4 is 0 Å². The van der Waals surface area contributed by atoms with E-state index in [0.29, 0.717) is 12.8 Å². The van der Waals surface area contributed by atoms with Gasteiger partial charge in [-0.15, -0.1) is 0 Å². The molecule has 0 aromatic rings. The molecule has 1 unspecified atom stereocenters. The van der Waals surface area contributed by atoms with Gasteiger partial charge in [-0.1, -0.05) is 0 Å². The molecule has 1 amide bonds. The number of alkyl halides is 1. The molecule has 0 bridgehead atoms. The van der Waals surface area contributed by atoms with Crippen LogP contribution in [0.1, 0.15) is 46.5 Å². The minimum atomic E-state index is -2.12. The van der Waals surface area contributed by atoms with Crippen LogP contribution in [0.2, 0.25) is 0 Å². The molecule has 0 aromatic carbocycles. The molecule has 2 fully saturated rings. The second-order valence-corrected chi connectivity index (χ2v) is 6.78. The van der Waals surface area contributed by atoms with Crippen molar-refractivity contribution in [2.75, 3.05) is 13.7 Å². The van der Waals surface area contributed by atoms with Crippen molar-refractivity contribution in [2.45, 2.75) is 63.3 Å².